The second-order valence-electron chi connectivity index (χ2n) is 6.56. The molecule has 9 nitrogen and oxygen atoms in total. The molecule has 2 bridgehead atoms. The van der Waals surface area contributed by atoms with Gasteiger partial charge in [-0.15, -0.1) is 0 Å². The average Bonchev–Trinajstić information content (AvgIpc) is 3.14. The molecule has 29 heavy (non-hydrogen) atoms. The normalized spacial score (nSPS) is 16.9. The highest BCUT2D eigenvalue weighted by atomic mass is 19.1. The number of ether oxygens (including phenoxy) is 2. The van der Waals surface area contributed by atoms with E-state index in [0.717, 1.165) is 0 Å². The molecule has 1 N–H and O–H groups in total. The van der Waals surface area contributed by atoms with Crippen molar-refractivity contribution in [2.45, 2.75) is 12.6 Å². The summed E-state index contributed by atoms with van der Waals surface area (Å²) in [6.45, 7) is 0.115. The van der Waals surface area contributed by atoms with E-state index < -0.39 is 23.8 Å². The molecular formula is C19H18FN5O4. The van der Waals surface area contributed by atoms with Crippen molar-refractivity contribution in [1.82, 2.24) is 19.9 Å². The van der Waals surface area contributed by atoms with Gasteiger partial charge in [0, 0.05) is 25.4 Å². The lowest BCUT2D eigenvalue weighted by Crippen LogP contribution is -2.41. The van der Waals surface area contributed by atoms with Gasteiger partial charge in [0.25, 0.3) is 5.91 Å². The first kappa shape index (κ1) is 18.7. The Kier molecular flexibility index (Phi) is 4.75. The second-order valence-corrected chi connectivity index (χ2v) is 6.56. The van der Waals surface area contributed by atoms with E-state index in [9.17, 15) is 14.0 Å². The van der Waals surface area contributed by atoms with Gasteiger partial charge in [0.05, 0.1) is 19.9 Å². The van der Waals surface area contributed by atoms with Gasteiger partial charge in [-0.1, -0.05) is 0 Å². The summed E-state index contributed by atoms with van der Waals surface area (Å²) in [5.74, 6) is -0.683. The largest absolute Gasteiger partial charge is 0.476 e. The first-order chi connectivity index (χ1) is 14.0. The van der Waals surface area contributed by atoms with Gasteiger partial charge in [-0.05, 0) is 24.3 Å². The molecule has 0 radical (unpaired) electrons. The monoisotopic (exact) mass is 399 g/mol. The molecule has 0 saturated heterocycles. The number of hydrogen-bond acceptors (Lipinski definition) is 7. The minimum absolute atomic E-state index is 0.144. The maximum absolute atomic E-state index is 13.9. The number of halogens is 1. The Morgan fingerprint density at radius 3 is 3.00 bits per heavy atom. The molecule has 1 atom stereocenters. The summed E-state index contributed by atoms with van der Waals surface area (Å²) < 4.78 is 26.0. The van der Waals surface area contributed by atoms with Crippen LogP contribution in [0.3, 0.4) is 0 Å². The van der Waals surface area contributed by atoms with E-state index in [-0.39, 0.29) is 18.7 Å². The maximum atomic E-state index is 13.9. The first-order valence-electron chi connectivity index (χ1n) is 8.83. The van der Waals surface area contributed by atoms with Crippen molar-refractivity contribution in [3.8, 4) is 5.75 Å². The third-order valence-electron chi connectivity index (χ3n) is 4.60. The number of nitrogens with one attached hydrogen (secondary N) is 1. The first-order valence-corrected chi connectivity index (χ1v) is 8.83. The molecule has 1 aromatic carbocycles. The molecule has 1 unspecified atom stereocenters. The summed E-state index contributed by atoms with van der Waals surface area (Å²) in [6, 6.07) is 5.76. The van der Waals surface area contributed by atoms with Crippen molar-refractivity contribution in [1.29, 1.82) is 0 Å². The van der Waals surface area contributed by atoms with Crippen LogP contribution in [0.2, 0.25) is 0 Å². The van der Waals surface area contributed by atoms with E-state index >= 15 is 0 Å². The van der Waals surface area contributed by atoms with Crippen LogP contribution in [0.1, 0.15) is 15.9 Å². The summed E-state index contributed by atoms with van der Waals surface area (Å²) in [5.41, 5.74) is 1.13. The third-order valence-corrected chi connectivity index (χ3v) is 4.60. The number of hydrogen-bond donors (Lipinski definition) is 1. The molecular weight excluding hydrogens is 381 g/mol. The number of aromatic nitrogens is 3. The Morgan fingerprint density at radius 2 is 2.21 bits per heavy atom. The lowest BCUT2D eigenvalue weighted by molar-refractivity contribution is -0.148. The number of carbonyl (C=O) groups is 2. The van der Waals surface area contributed by atoms with Crippen LogP contribution in [0.4, 0.5) is 10.2 Å². The molecule has 3 aromatic rings. The summed E-state index contributed by atoms with van der Waals surface area (Å²) in [5, 5.41) is 6.78. The molecule has 0 fully saturated rings. The van der Waals surface area contributed by atoms with Crippen molar-refractivity contribution in [3.63, 3.8) is 0 Å². The molecule has 150 valence electrons. The fraction of sp³-hybridized carbons (Fsp3) is 0.263. The highest BCUT2D eigenvalue weighted by molar-refractivity contribution is 6.00. The van der Waals surface area contributed by atoms with Crippen LogP contribution in [0, 0.1) is 5.82 Å². The number of anilines is 1. The van der Waals surface area contributed by atoms with Crippen LogP contribution in [-0.4, -0.2) is 53.3 Å². The van der Waals surface area contributed by atoms with Crippen molar-refractivity contribution >= 4 is 23.3 Å². The summed E-state index contributed by atoms with van der Waals surface area (Å²) in [7, 11) is 3.01. The van der Waals surface area contributed by atoms with Crippen molar-refractivity contribution < 1.29 is 23.5 Å². The fourth-order valence-electron chi connectivity index (χ4n) is 3.09. The number of amides is 1. The zero-order chi connectivity index (χ0) is 20.5. The number of fused-ring (bicyclic) bond motifs is 2. The Hall–Kier alpha value is -3.69. The number of methoxy groups -OCH3 is 1. The van der Waals surface area contributed by atoms with Gasteiger partial charge in [-0.25, -0.2) is 18.7 Å². The molecule has 1 aliphatic heterocycles. The van der Waals surface area contributed by atoms with E-state index in [2.05, 4.69) is 15.4 Å². The van der Waals surface area contributed by atoms with Crippen LogP contribution < -0.4 is 15.0 Å². The minimum atomic E-state index is -1.11. The Balaban J connectivity index is 1.82. The van der Waals surface area contributed by atoms with Gasteiger partial charge in [-0.3, -0.25) is 4.79 Å². The topological polar surface area (TPSA) is 98.1 Å². The van der Waals surface area contributed by atoms with E-state index in [0.29, 0.717) is 22.8 Å². The van der Waals surface area contributed by atoms with E-state index in [1.807, 2.05) is 0 Å². The average molecular weight is 399 g/mol. The number of benzene rings is 1. The standard InChI is InChI=1S/C19H18FN5O4/c1-24-10-11-7-12(20)3-4-14(11)29-15(19(27)28-2)9-21-18(26)13-8-22-25-6-5-16(24)23-17(13)25/h3-8,15H,9-10H2,1-2H3,(H,21,26). The van der Waals surface area contributed by atoms with Gasteiger partial charge in [-0.2, -0.15) is 5.10 Å². The van der Waals surface area contributed by atoms with Gasteiger partial charge in [0.1, 0.15) is 22.9 Å². The zero-order valence-electron chi connectivity index (χ0n) is 15.8. The summed E-state index contributed by atoms with van der Waals surface area (Å²) in [6.07, 6.45) is 1.98. The summed E-state index contributed by atoms with van der Waals surface area (Å²) >= 11 is 0. The second kappa shape index (κ2) is 7.38. The third kappa shape index (κ3) is 3.56. The number of carbonyl (C=O) groups excluding carboxylic acids is 2. The SMILES string of the molecule is COC(=O)C1CNC(=O)c2cnn3ccc(nc23)N(C)Cc2cc(F)ccc2O1. The van der Waals surface area contributed by atoms with Crippen LogP contribution in [0.25, 0.3) is 5.65 Å². The van der Waals surface area contributed by atoms with Crippen molar-refractivity contribution in [2.75, 3.05) is 25.6 Å². The Morgan fingerprint density at radius 1 is 1.38 bits per heavy atom. The number of nitrogens with zero attached hydrogens (tertiary/aromatic N) is 4. The molecule has 0 spiro atoms. The highest BCUT2D eigenvalue weighted by Gasteiger charge is 2.26. The molecule has 1 amide bonds. The van der Waals surface area contributed by atoms with E-state index in [4.69, 9.17) is 9.47 Å². The lowest BCUT2D eigenvalue weighted by Gasteiger charge is -2.22. The molecule has 0 aliphatic carbocycles. The van der Waals surface area contributed by atoms with Crippen LogP contribution in [-0.2, 0) is 16.1 Å². The van der Waals surface area contributed by atoms with Crippen LogP contribution >= 0.6 is 0 Å². The summed E-state index contributed by atoms with van der Waals surface area (Å²) in [4.78, 5) is 31.1. The molecule has 3 heterocycles. The van der Waals surface area contributed by atoms with Gasteiger partial charge < -0.3 is 19.7 Å². The lowest BCUT2D eigenvalue weighted by atomic mass is 10.1. The minimum Gasteiger partial charge on any atom is -0.476 e. The molecule has 4 rings (SSSR count). The molecule has 2 aromatic heterocycles. The molecule has 1 aliphatic rings. The Labute approximate surface area is 165 Å². The number of rotatable bonds is 1. The molecule has 10 heteroatoms. The predicted molar refractivity (Wildman–Crippen MR) is 100 cm³/mol. The van der Waals surface area contributed by atoms with Crippen molar-refractivity contribution in [2.24, 2.45) is 0 Å². The maximum Gasteiger partial charge on any atom is 0.348 e. The van der Waals surface area contributed by atoms with Gasteiger partial charge in [0.2, 0.25) is 6.10 Å². The van der Waals surface area contributed by atoms with E-state index in [1.165, 1.54) is 36.0 Å². The Bertz CT molecular complexity index is 1100. The van der Waals surface area contributed by atoms with Crippen LogP contribution in [0.15, 0.2) is 36.7 Å². The van der Waals surface area contributed by atoms with E-state index in [1.54, 1.807) is 24.2 Å². The van der Waals surface area contributed by atoms with Crippen molar-refractivity contribution in [3.05, 3.63) is 53.6 Å². The number of esters is 1. The predicted octanol–water partition coefficient (Wildman–Crippen LogP) is 1.17. The van der Waals surface area contributed by atoms with Gasteiger partial charge >= 0.3 is 5.97 Å². The fourth-order valence-corrected chi connectivity index (χ4v) is 3.09. The van der Waals surface area contributed by atoms with Crippen LogP contribution in [0.5, 0.6) is 5.75 Å². The zero-order valence-corrected chi connectivity index (χ0v) is 15.8. The van der Waals surface area contributed by atoms with Gasteiger partial charge in [0.15, 0.2) is 5.65 Å². The molecule has 0 saturated carbocycles. The smallest absolute Gasteiger partial charge is 0.348 e. The quantitative estimate of drug-likeness (QED) is 0.614. The highest BCUT2D eigenvalue weighted by Crippen LogP contribution is 2.25.